The second kappa shape index (κ2) is 5.11. The summed E-state index contributed by atoms with van der Waals surface area (Å²) >= 11 is 0. The maximum atomic E-state index is 12.5. The van der Waals surface area contributed by atoms with Gasteiger partial charge < -0.3 is 4.74 Å². The second-order valence-corrected chi connectivity index (χ2v) is 3.04. The maximum Gasteiger partial charge on any atom is 0.419 e. The Kier molecular flexibility index (Phi) is 4.03. The molecule has 0 aliphatic rings. The van der Waals surface area contributed by atoms with Crippen LogP contribution in [0.3, 0.4) is 0 Å². The number of alkyl halides is 5. The van der Waals surface area contributed by atoms with Crippen LogP contribution in [0.1, 0.15) is 5.56 Å². The molecule has 0 saturated heterocycles. The van der Waals surface area contributed by atoms with E-state index in [4.69, 9.17) is 0 Å². The van der Waals surface area contributed by atoms with Gasteiger partial charge in [-0.3, -0.25) is 0 Å². The number of halogens is 5. The summed E-state index contributed by atoms with van der Waals surface area (Å²) in [5.41, 5.74) is -1.22. The zero-order valence-corrected chi connectivity index (χ0v) is 8.30. The first-order valence-electron chi connectivity index (χ1n) is 4.44. The fourth-order valence-electron chi connectivity index (χ4n) is 1.03. The Balaban J connectivity index is 2.96. The molecule has 0 spiro atoms. The van der Waals surface area contributed by atoms with Crippen molar-refractivity contribution in [3.63, 3.8) is 0 Å². The minimum Gasteiger partial charge on any atom is -0.424 e. The summed E-state index contributed by atoms with van der Waals surface area (Å²) in [5.74, 6) is -2.54. The van der Waals surface area contributed by atoms with E-state index >= 15 is 0 Å². The van der Waals surface area contributed by atoms with Crippen LogP contribution in [-0.4, -0.2) is 18.8 Å². The smallest absolute Gasteiger partial charge is 0.419 e. The third-order valence-electron chi connectivity index (χ3n) is 1.79. The molecule has 0 N–H and O–H groups in total. The molecule has 1 aromatic carbocycles. The SMILES string of the molecule is O=C(Oc1ccccc1C(F)(F)F)C(F)CF. The van der Waals surface area contributed by atoms with Gasteiger partial charge in [0, 0.05) is 0 Å². The molecule has 7 heteroatoms. The van der Waals surface area contributed by atoms with Crippen LogP contribution in [0, 0.1) is 0 Å². The normalized spacial score (nSPS) is 13.2. The number of benzene rings is 1. The van der Waals surface area contributed by atoms with Crippen molar-refractivity contribution in [1.29, 1.82) is 0 Å². The van der Waals surface area contributed by atoms with Crippen LogP contribution in [-0.2, 0) is 11.0 Å². The molecule has 1 atom stereocenters. The topological polar surface area (TPSA) is 26.3 Å². The van der Waals surface area contributed by atoms with Crippen molar-refractivity contribution < 1.29 is 31.5 Å². The van der Waals surface area contributed by atoms with Crippen molar-refractivity contribution in [3.05, 3.63) is 29.8 Å². The number of hydrogen-bond acceptors (Lipinski definition) is 2. The van der Waals surface area contributed by atoms with Crippen molar-refractivity contribution in [3.8, 4) is 5.75 Å². The van der Waals surface area contributed by atoms with Gasteiger partial charge in [-0.1, -0.05) is 12.1 Å². The number of hydrogen-bond donors (Lipinski definition) is 0. The molecule has 0 bridgehead atoms. The first-order valence-corrected chi connectivity index (χ1v) is 4.44. The Morgan fingerprint density at radius 1 is 1.29 bits per heavy atom. The molecule has 2 nitrogen and oxygen atoms in total. The van der Waals surface area contributed by atoms with Crippen molar-refractivity contribution in [2.24, 2.45) is 0 Å². The van der Waals surface area contributed by atoms with E-state index in [0.717, 1.165) is 12.1 Å². The second-order valence-electron chi connectivity index (χ2n) is 3.04. The molecule has 94 valence electrons. The largest absolute Gasteiger partial charge is 0.424 e. The van der Waals surface area contributed by atoms with Gasteiger partial charge in [-0.15, -0.1) is 0 Å². The minimum absolute atomic E-state index is 0.672. The monoisotopic (exact) mass is 254 g/mol. The number of rotatable bonds is 3. The zero-order chi connectivity index (χ0) is 13.1. The Hall–Kier alpha value is -1.66. The lowest BCUT2D eigenvalue weighted by Gasteiger charge is -2.12. The lowest BCUT2D eigenvalue weighted by Crippen LogP contribution is -2.24. The molecule has 0 saturated carbocycles. The average molecular weight is 254 g/mol. The van der Waals surface area contributed by atoms with Gasteiger partial charge in [0.2, 0.25) is 6.17 Å². The lowest BCUT2D eigenvalue weighted by atomic mass is 10.2. The van der Waals surface area contributed by atoms with Crippen molar-refractivity contribution in [2.45, 2.75) is 12.3 Å². The van der Waals surface area contributed by atoms with Crippen molar-refractivity contribution >= 4 is 5.97 Å². The molecule has 0 radical (unpaired) electrons. The van der Waals surface area contributed by atoms with E-state index in [1.165, 1.54) is 6.07 Å². The highest BCUT2D eigenvalue weighted by Crippen LogP contribution is 2.36. The van der Waals surface area contributed by atoms with Crippen LogP contribution in [0.25, 0.3) is 0 Å². The van der Waals surface area contributed by atoms with E-state index in [1.807, 2.05) is 0 Å². The van der Waals surface area contributed by atoms with Gasteiger partial charge in [-0.2, -0.15) is 13.2 Å². The zero-order valence-electron chi connectivity index (χ0n) is 8.30. The fourth-order valence-corrected chi connectivity index (χ4v) is 1.03. The molecule has 1 rings (SSSR count). The summed E-state index contributed by atoms with van der Waals surface area (Å²) < 4.78 is 65.7. The molecule has 0 aliphatic heterocycles. The highest BCUT2D eigenvalue weighted by molar-refractivity contribution is 5.77. The highest BCUT2D eigenvalue weighted by Gasteiger charge is 2.35. The summed E-state index contributed by atoms with van der Waals surface area (Å²) in [6.07, 6.45) is -7.32. The Labute approximate surface area is 93.0 Å². The predicted octanol–water partition coefficient (Wildman–Crippen LogP) is 2.92. The summed E-state index contributed by atoms with van der Waals surface area (Å²) in [4.78, 5) is 10.8. The molecule has 0 amide bonds. The summed E-state index contributed by atoms with van der Waals surface area (Å²) in [5, 5.41) is 0. The third-order valence-corrected chi connectivity index (χ3v) is 1.79. The first-order chi connectivity index (χ1) is 7.86. The number of carbonyl (C=O) groups excluding carboxylic acids is 1. The maximum absolute atomic E-state index is 12.5. The van der Waals surface area contributed by atoms with Gasteiger partial charge >= 0.3 is 12.1 Å². The standard InChI is InChI=1S/C10H7F5O2/c11-5-7(12)9(16)17-8-4-2-1-3-6(8)10(13,14)15/h1-4,7H,5H2. The van der Waals surface area contributed by atoms with Crippen molar-refractivity contribution in [1.82, 2.24) is 0 Å². The van der Waals surface area contributed by atoms with Gasteiger partial charge in [-0.05, 0) is 12.1 Å². The third kappa shape index (κ3) is 3.40. The van der Waals surface area contributed by atoms with Crippen molar-refractivity contribution in [2.75, 3.05) is 6.67 Å². The quantitative estimate of drug-likeness (QED) is 0.471. The van der Waals surface area contributed by atoms with E-state index in [1.54, 1.807) is 0 Å². The molecular formula is C10H7F5O2. The van der Waals surface area contributed by atoms with E-state index in [-0.39, 0.29) is 0 Å². The molecule has 1 aromatic rings. The lowest BCUT2D eigenvalue weighted by molar-refractivity contribution is -0.145. The number of ether oxygens (including phenoxy) is 1. The minimum atomic E-state index is -4.74. The average Bonchev–Trinajstić information content (AvgIpc) is 2.27. The summed E-state index contributed by atoms with van der Waals surface area (Å²) in [6, 6.07) is 3.79. The number of esters is 1. The van der Waals surface area contributed by atoms with E-state index in [9.17, 15) is 26.7 Å². The van der Waals surface area contributed by atoms with Crippen LogP contribution in [0.15, 0.2) is 24.3 Å². The Morgan fingerprint density at radius 2 is 1.88 bits per heavy atom. The Bertz CT molecular complexity index is 402. The van der Waals surface area contributed by atoms with E-state index in [0.29, 0.717) is 6.07 Å². The van der Waals surface area contributed by atoms with Crippen LogP contribution < -0.4 is 4.74 Å². The van der Waals surface area contributed by atoms with E-state index < -0.39 is 36.3 Å². The molecule has 0 heterocycles. The van der Waals surface area contributed by atoms with Gasteiger partial charge in [-0.25, -0.2) is 13.6 Å². The predicted molar refractivity (Wildman–Crippen MR) is 48.0 cm³/mol. The van der Waals surface area contributed by atoms with Gasteiger partial charge in [0.15, 0.2) is 0 Å². The van der Waals surface area contributed by atoms with E-state index in [2.05, 4.69) is 4.74 Å². The van der Waals surface area contributed by atoms with Crippen LogP contribution in [0.4, 0.5) is 22.0 Å². The molecular weight excluding hydrogens is 247 g/mol. The molecule has 0 aliphatic carbocycles. The van der Waals surface area contributed by atoms with Crippen LogP contribution >= 0.6 is 0 Å². The first kappa shape index (κ1) is 13.4. The van der Waals surface area contributed by atoms with Gasteiger partial charge in [0.25, 0.3) is 0 Å². The fraction of sp³-hybridized carbons (Fsp3) is 0.300. The molecule has 0 fully saturated rings. The van der Waals surface area contributed by atoms with Gasteiger partial charge in [0.05, 0.1) is 5.56 Å². The molecule has 0 aromatic heterocycles. The summed E-state index contributed by atoms with van der Waals surface area (Å²) in [6.45, 7) is -1.65. The Morgan fingerprint density at radius 3 is 2.41 bits per heavy atom. The molecule has 1 unspecified atom stereocenters. The van der Waals surface area contributed by atoms with Crippen LogP contribution in [0.2, 0.25) is 0 Å². The molecule has 17 heavy (non-hydrogen) atoms. The van der Waals surface area contributed by atoms with Gasteiger partial charge in [0.1, 0.15) is 12.4 Å². The summed E-state index contributed by atoms with van der Waals surface area (Å²) in [7, 11) is 0. The highest BCUT2D eigenvalue weighted by atomic mass is 19.4. The number of carbonyl (C=O) groups is 1. The van der Waals surface area contributed by atoms with Crippen LogP contribution in [0.5, 0.6) is 5.75 Å². The number of para-hydroxylation sites is 1.